The molecule has 4 aromatic rings. The second-order valence-electron chi connectivity index (χ2n) is 9.35. The smallest absolute Gasteiger partial charge is 0.272 e. The van der Waals surface area contributed by atoms with Crippen molar-refractivity contribution in [1.29, 1.82) is 0 Å². The first kappa shape index (κ1) is 27.0. The van der Waals surface area contributed by atoms with Gasteiger partial charge in [-0.15, -0.1) is 0 Å². The molecule has 40 heavy (non-hydrogen) atoms. The van der Waals surface area contributed by atoms with Crippen molar-refractivity contribution in [2.45, 2.75) is 23.5 Å². The highest BCUT2D eigenvalue weighted by Crippen LogP contribution is 2.27. The molecule has 0 unspecified atom stereocenters. The summed E-state index contributed by atoms with van der Waals surface area (Å²) in [5.74, 6) is -1.12. The second kappa shape index (κ2) is 11.6. The number of hydrogen-bond acceptors (Lipinski definition) is 5. The fraction of sp³-hybridized carbons (Fsp3) is 0.129. The first-order valence-electron chi connectivity index (χ1n) is 12.8. The maximum Gasteiger partial charge on any atom is 0.272 e. The number of anilines is 1. The number of nitrogens with zero attached hydrogens (tertiary/aromatic N) is 2. The third-order valence-corrected chi connectivity index (χ3v) is 8.11. The number of hydrogen-bond donors (Lipinski definition) is 2. The average molecular weight is 553 g/mol. The monoisotopic (exact) mass is 552 g/mol. The Morgan fingerprint density at radius 1 is 0.850 bits per heavy atom. The van der Waals surface area contributed by atoms with E-state index in [-0.39, 0.29) is 11.3 Å². The molecule has 0 fully saturated rings. The van der Waals surface area contributed by atoms with Gasteiger partial charge in [0.15, 0.2) is 0 Å². The molecule has 0 aliphatic carbocycles. The van der Waals surface area contributed by atoms with Gasteiger partial charge >= 0.3 is 0 Å². The topological polar surface area (TPSA) is 108 Å². The Morgan fingerprint density at radius 3 is 2.10 bits per heavy atom. The number of likely N-dealkylation sites (N-methyl/N-ethyl adjacent to an activating group) is 1. The number of carbonyl (C=O) groups excluding carboxylic acids is 2. The summed E-state index contributed by atoms with van der Waals surface area (Å²) in [6.45, 7) is 0. The fourth-order valence-corrected chi connectivity index (χ4v) is 5.79. The predicted octanol–water partition coefficient (Wildman–Crippen LogP) is 3.53. The van der Waals surface area contributed by atoms with Gasteiger partial charge in [-0.2, -0.15) is 4.72 Å². The van der Waals surface area contributed by atoms with Gasteiger partial charge in [0.25, 0.3) is 5.91 Å². The molecule has 0 spiro atoms. The Morgan fingerprint density at radius 2 is 1.43 bits per heavy atom. The summed E-state index contributed by atoms with van der Waals surface area (Å²) in [6.07, 6.45) is -1.20. The van der Waals surface area contributed by atoms with Crippen LogP contribution in [-0.2, 0) is 26.0 Å². The molecule has 202 valence electrons. The molecule has 0 aromatic heterocycles. The van der Waals surface area contributed by atoms with Gasteiger partial charge in [-0.1, -0.05) is 97.1 Å². The van der Waals surface area contributed by atoms with Crippen LogP contribution in [0.3, 0.4) is 0 Å². The molecule has 4 aromatic carbocycles. The fourth-order valence-electron chi connectivity index (χ4n) is 4.57. The summed E-state index contributed by atoms with van der Waals surface area (Å²) in [4.78, 5) is 33.5. The van der Waals surface area contributed by atoms with Crippen molar-refractivity contribution in [3.05, 3.63) is 132 Å². The van der Waals surface area contributed by atoms with Crippen LogP contribution in [0, 0.1) is 0 Å². The largest absolute Gasteiger partial charge is 0.325 e. The van der Waals surface area contributed by atoms with Crippen LogP contribution < -0.4 is 14.9 Å². The minimum atomic E-state index is -4.04. The normalized spacial score (nSPS) is 15.9. The van der Waals surface area contributed by atoms with Crippen molar-refractivity contribution in [3.63, 3.8) is 0 Å². The minimum Gasteiger partial charge on any atom is -0.325 e. The summed E-state index contributed by atoms with van der Waals surface area (Å²) in [7, 11) is -2.41. The predicted molar refractivity (Wildman–Crippen MR) is 155 cm³/mol. The van der Waals surface area contributed by atoms with Gasteiger partial charge in [-0.3, -0.25) is 9.59 Å². The van der Waals surface area contributed by atoms with E-state index in [1.807, 2.05) is 84.9 Å². The number of nitrogens with one attached hydrogen (secondary N) is 2. The van der Waals surface area contributed by atoms with Crippen molar-refractivity contribution >= 4 is 33.2 Å². The van der Waals surface area contributed by atoms with Crippen LogP contribution in [0.25, 0.3) is 0 Å². The third-order valence-electron chi connectivity index (χ3n) is 6.62. The zero-order chi connectivity index (χ0) is 28.1. The Labute approximate surface area is 233 Å². The quantitative estimate of drug-likeness (QED) is 0.349. The maximum absolute atomic E-state index is 13.7. The molecule has 0 saturated heterocycles. The van der Waals surface area contributed by atoms with Crippen molar-refractivity contribution in [3.8, 4) is 0 Å². The van der Waals surface area contributed by atoms with E-state index >= 15 is 0 Å². The van der Waals surface area contributed by atoms with E-state index in [0.29, 0.717) is 11.4 Å². The summed E-state index contributed by atoms with van der Waals surface area (Å²) in [5, 5.41) is 2.72. The van der Waals surface area contributed by atoms with Crippen molar-refractivity contribution in [1.82, 2.24) is 10.0 Å². The lowest BCUT2D eigenvalue weighted by atomic mass is 10.0. The van der Waals surface area contributed by atoms with Gasteiger partial charge in [0.1, 0.15) is 6.04 Å². The SMILES string of the molecule is CN1C(=O)[C@H](NC(=O)[C@@H](Cc2ccccc2)NS(=O)(=O)c2ccccc2)N=C(c2ccccc2)c2ccccc21. The van der Waals surface area contributed by atoms with E-state index in [2.05, 4.69) is 10.0 Å². The molecule has 2 N–H and O–H groups in total. The van der Waals surface area contributed by atoms with Gasteiger partial charge in [0.05, 0.1) is 16.3 Å². The van der Waals surface area contributed by atoms with Crippen LogP contribution in [0.2, 0.25) is 0 Å². The molecular weight excluding hydrogens is 524 g/mol. The highest BCUT2D eigenvalue weighted by atomic mass is 32.2. The molecule has 1 heterocycles. The van der Waals surface area contributed by atoms with Crippen molar-refractivity contribution < 1.29 is 18.0 Å². The minimum absolute atomic E-state index is 0.0333. The molecule has 9 heteroatoms. The van der Waals surface area contributed by atoms with E-state index in [0.717, 1.165) is 16.7 Å². The number of para-hydroxylation sites is 1. The standard InChI is InChI=1S/C31H28N4O4S/c1-35-27-20-12-11-19-25(27)28(23-15-7-3-8-16-23)32-29(31(35)37)33-30(36)26(21-22-13-5-2-6-14-22)34-40(38,39)24-17-9-4-10-18-24/h2-20,26,29,34H,21H2,1H3,(H,33,36)/t26-,29+/m1/s1. The molecular formula is C31H28N4O4S. The van der Waals surface area contributed by atoms with E-state index in [4.69, 9.17) is 4.99 Å². The summed E-state index contributed by atoms with van der Waals surface area (Å²) < 4.78 is 28.9. The summed E-state index contributed by atoms with van der Waals surface area (Å²) in [5.41, 5.74) is 3.47. The highest BCUT2D eigenvalue weighted by molar-refractivity contribution is 7.89. The van der Waals surface area contributed by atoms with E-state index in [9.17, 15) is 18.0 Å². The lowest BCUT2D eigenvalue weighted by molar-refractivity contribution is -0.128. The van der Waals surface area contributed by atoms with E-state index in [1.54, 1.807) is 25.2 Å². The van der Waals surface area contributed by atoms with Gasteiger partial charge in [-0.25, -0.2) is 13.4 Å². The Balaban J connectivity index is 1.50. The van der Waals surface area contributed by atoms with Gasteiger partial charge in [0, 0.05) is 18.2 Å². The van der Waals surface area contributed by atoms with Crippen molar-refractivity contribution in [2.75, 3.05) is 11.9 Å². The molecule has 0 bridgehead atoms. The van der Waals surface area contributed by atoms with Crippen LogP contribution in [0.4, 0.5) is 5.69 Å². The second-order valence-corrected chi connectivity index (χ2v) is 11.1. The van der Waals surface area contributed by atoms with Crippen LogP contribution in [0.1, 0.15) is 16.7 Å². The lowest BCUT2D eigenvalue weighted by Crippen LogP contribution is -2.54. The molecule has 8 nitrogen and oxygen atoms in total. The molecule has 2 atom stereocenters. The van der Waals surface area contributed by atoms with Crippen LogP contribution in [0.15, 0.2) is 125 Å². The Kier molecular flexibility index (Phi) is 7.86. The highest BCUT2D eigenvalue weighted by Gasteiger charge is 2.34. The van der Waals surface area contributed by atoms with Gasteiger partial charge in [0.2, 0.25) is 22.1 Å². The lowest BCUT2D eigenvalue weighted by Gasteiger charge is -2.23. The van der Waals surface area contributed by atoms with E-state index in [1.165, 1.54) is 17.0 Å². The van der Waals surface area contributed by atoms with Crippen LogP contribution >= 0.6 is 0 Å². The molecule has 5 rings (SSSR count). The molecule has 0 saturated carbocycles. The first-order chi connectivity index (χ1) is 19.3. The summed E-state index contributed by atoms with van der Waals surface area (Å²) >= 11 is 0. The summed E-state index contributed by atoms with van der Waals surface area (Å²) in [6, 6.07) is 32.5. The number of aliphatic imine (C=N–C) groups is 1. The number of sulfonamides is 1. The molecule has 2 amide bonds. The molecule has 1 aliphatic rings. The average Bonchev–Trinajstić information content (AvgIpc) is 3.09. The zero-order valence-electron chi connectivity index (χ0n) is 21.8. The van der Waals surface area contributed by atoms with Crippen LogP contribution in [0.5, 0.6) is 0 Å². The Bertz CT molecular complexity index is 1640. The third kappa shape index (κ3) is 5.85. The first-order valence-corrected chi connectivity index (χ1v) is 14.2. The number of carbonyl (C=O) groups is 2. The number of rotatable bonds is 8. The van der Waals surface area contributed by atoms with Gasteiger partial charge < -0.3 is 10.2 Å². The van der Waals surface area contributed by atoms with E-state index < -0.39 is 34.0 Å². The number of benzene rings is 4. The van der Waals surface area contributed by atoms with Gasteiger partial charge in [-0.05, 0) is 30.2 Å². The number of benzodiazepines with no additional fused rings is 1. The Hall–Kier alpha value is -4.60. The molecule has 1 aliphatic heterocycles. The zero-order valence-corrected chi connectivity index (χ0v) is 22.6. The maximum atomic E-state index is 13.7. The number of amides is 2. The number of fused-ring (bicyclic) bond motifs is 1. The van der Waals surface area contributed by atoms with Crippen molar-refractivity contribution in [2.24, 2.45) is 4.99 Å². The molecule has 0 radical (unpaired) electrons. The van der Waals surface area contributed by atoms with Crippen LogP contribution in [-0.4, -0.2) is 45.2 Å².